The summed E-state index contributed by atoms with van der Waals surface area (Å²) in [7, 11) is 0. The van der Waals surface area contributed by atoms with Crippen LogP contribution in [0, 0.1) is 16.7 Å². The molecule has 0 heterocycles. The predicted molar refractivity (Wildman–Crippen MR) is 85.5 cm³/mol. The summed E-state index contributed by atoms with van der Waals surface area (Å²) in [5, 5.41) is 0. The van der Waals surface area contributed by atoms with Crippen molar-refractivity contribution < 1.29 is 4.74 Å². The van der Waals surface area contributed by atoms with Gasteiger partial charge >= 0.3 is 0 Å². The number of hydrogen-bond acceptors (Lipinski definition) is 2. The maximum Gasteiger partial charge on any atom is 0.0632 e. The summed E-state index contributed by atoms with van der Waals surface area (Å²) in [6, 6.07) is 0. The average Bonchev–Trinajstić information content (AvgIpc) is 2.12. The number of hydrogen-bond donors (Lipinski definition) is 1. The highest BCUT2D eigenvalue weighted by Gasteiger charge is 2.31. The second kappa shape index (κ2) is 6.65. The maximum atomic E-state index is 6.20. The quantitative estimate of drug-likeness (QED) is 0.599. The Morgan fingerprint density at radius 3 is 1.83 bits per heavy atom. The van der Waals surface area contributed by atoms with Crippen LogP contribution in [-0.4, -0.2) is 18.0 Å². The molecule has 0 aliphatic carbocycles. The number of ether oxygens (including phenoxy) is 1. The number of rotatable bonds is 8. The van der Waals surface area contributed by atoms with E-state index in [-0.39, 0.29) is 16.4 Å². The van der Waals surface area contributed by atoms with Crippen LogP contribution in [0.2, 0.25) is 0 Å². The van der Waals surface area contributed by atoms with E-state index in [1.807, 2.05) is 0 Å². The molecular weight excluding hydrogens is 240 g/mol. The van der Waals surface area contributed by atoms with Crippen LogP contribution in [0.5, 0.6) is 0 Å². The van der Waals surface area contributed by atoms with Crippen LogP contribution in [0.4, 0.5) is 0 Å². The molecule has 0 rings (SSSR count). The minimum absolute atomic E-state index is 0.0690. The number of thiol groups is 1. The van der Waals surface area contributed by atoms with E-state index in [1.165, 1.54) is 6.42 Å². The van der Waals surface area contributed by atoms with Gasteiger partial charge in [0.25, 0.3) is 0 Å². The first kappa shape index (κ1) is 18.3. The molecule has 0 saturated carbocycles. The van der Waals surface area contributed by atoms with Crippen LogP contribution in [-0.2, 0) is 4.74 Å². The second-order valence-electron chi connectivity index (χ2n) is 8.31. The lowest BCUT2D eigenvalue weighted by Crippen LogP contribution is -2.36. The summed E-state index contributed by atoms with van der Waals surface area (Å²) >= 11 is 4.43. The Bertz CT molecular complexity index is 241. The van der Waals surface area contributed by atoms with Gasteiger partial charge in [-0.3, -0.25) is 0 Å². The first-order valence-corrected chi connectivity index (χ1v) is 7.77. The zero-order chi connectivity index (χ0) is 14.6. The predicted octanol–water partition coefficient (Wildman–Crippen LogP) is 5.20. The Hall–Kier alpha value is 0.310. The molecule has 0 amide bonds. The molecule has 0 unspecified atom stereocenters. The van der Waals surface area contributed by atoms with Gasteiger partial charge in [0.15, 0.2) is 0 Å². The van der Waals surface area contributed by atoms with Crippen molar-refractivity contribution in [2.75, 3.05) is 12.4 Å². The Labute approximate surface area is 120 Å². The minimum atomic E-state index is -0.0690. The third kappa shape index (κ3) is 8.42. The molecule has 0 aromatic carbocycles. The van der Waals surface area contributed by atoms with Gasteiger partial charge in [-0.15, -0.1) is 0 Å². The molecule has 0 N–H and O–H groups in total. The molecule has 0 saturated heterocycles. The molecule has 0 aromatic heterocycles. The molecule has 0 aliphatic rings. The Balaban J connectivity index is 4.34. The molecule has 0 aromatic rings. The zero-order valence-electron chi connectivity index (χ0n) is 13.8. The molecule has 0 radical (unpaired) electrons. The van der Waals surface area contributed by atoms with Crippen molar-refractivity contribution in [1.82, 2.24) is 0 Å². The van der Waals surface area contributed by atoms with Crippen molar-refractivity contribution in [3.05, 3.63) is 0 Å². The molecule has 2 heteroatoms. The van der Waals surface area contributed by atoms with Crippen LogP contribution in [0.3, 0.4) is 0 Å². The Kier molecular flexibility index (Phi) is 6.77. The Morgan fingerprint density at radius 2 is 1.44 bits per heavy atom. The van der Waals surface area contributed by atoms with Gasteiger partial charge in [0.1, 0.15) is 0 Å². The fourth-order valence-corrected chi connectivity index (χ4v) is 2.93. The molecule has 0 aliphatic heterocycles. The van der Waals surface area contributed by atoms with E-state index in [0.717, 1.165) is 24.7 Å². The van der Waals surface area contributed by atoms with Crippen molar-refractivity contribution in [2.24, 2.45) is 16.7 Å². The molecule has 0 fully saturated rings. The highest BCUT2D eigenvalue weighted by molar-refractivity contribution is 7.80. The van der Waals surface area contributed by atoms with Crippen LogP contribution in [0.1, 0.15) is 68.2 Å². The first-order valence-electron chi connectivity index (χ1n) is 7.14. The fourth-order valence-electron chi connectivity index (χ4n) is 2.81. The van der Waals surface area contributed by atoms with Gasteiger partial charge in [0.2, 0.25) is 0 Å². The summed E-state index contributed by atoms with van der Waals surface area (Å²) in [5.74, 6) is 1.62. The van der Waals surface area contributed by atoms with Crippen LogP contribution in [0.15, 0.2) is 0 Å². The van der Waals surface area contributed by atoms with E-state index in [2.05, 4.69) is 68.0 Å². The van der Waals surface area contributed by atoms with Gasteiger partial charge in [0, 0.05) is 0 Å². The SMILES string of the molecule is CC(C)CC(C)(C)COC(C)(C)CC(C)(C)CS. The molecular formula is C16H34OS. The fraction of sp³-hybridized carbons (Fsp3) is 1.00. The van der Waals surface area contributed by atoms with Crippen molar-refractivity contribution in [2.45, 2.75) is 73.8 Å². The molecule has 0 spiro atoms. The summed E-state index contributed by atoms with van der Waals surface area (Å²) < 4.78 is 6.20. The van der Waals surface area contributed by atoms with Gasteiger partial charge in [-0.05, 0) is 49.2 Å². The highest BCUT2D eigenvalue weighted by atomic mass is 32.1. The van der Waals surface area contributed by atoms with Gasteiger partial charge in [0.05, 0.1) is 12.2 Å². The van der Waals surface area contributed by atoms with Crippen molar-refractivity contribution in [3.8, 4) is 0 Å². The van der Waals surface area contributed by atoms with E-state index >= 15 is 0 Å². The van der Waals surface area contributed by atoms with Gasteiger partial charge in [-0.25, -0.2) is 0 Å². The average molecular weight is 275 g/mol. The van der Waals surface area contributed by atoms with Crippen LogP contribution < -0.4 is 0 Å². The largest absolute Gasteiger partial charge is 0.375 e. The summed E-state index contributed by atoms with van der Waals surface area (Å²) in [6.45, 7) is 18.9. The topological polar surface area (TPSA) is 9.23 Å². The van der Waals surface area contributed by atoms with E-state index in [0.29, 0.717) is 0 Å². The van der Waals surface area contributed by atoms with E-state index in [1.54, 1.807) is 0 Å². The normalized spacial score (nSPS) is 14.3. The second-order valence-corrected chi connectivity index (χ2v) is 8.63. The highest BCUT2D eigenvalue weighted by Crippen LogP contribution is 2.33. The molecule has 110 valence electrons. The van der Waals surface area contributed by atoms with E-state index in [9.17, 15) is 0 Å². The minimum Gasteiger partial charge on any atom is -0.375 e. The summed E-state index contributed by atoms with van der Waals surface area (Å²) in [6.07, 6.45) is 2.25. The molecule has 18 heavy (non-hydrogen) atoms. The molecule has 1 nitrogen and oxygen atoms in total. The van der Waals surface area contributed by atoms with E-state index in [4.69, 9.17) is 4.74 Å². The van der Waals surface area contributed by atoms with Crippen LogP contribution >= 0.6 is 12.6 Å². The lowest BCUT2D eigenvalue weighted by Gasteiger charge is -2.37. The third-order valence-electron chi connectivity index (χ3n) is 3.15. The maximum absolute atomic E-state index is 6.20. The molecule has 0 atom stereocenters. The smallest absolute Gasteiger partial charge is 0.0632 e. The summed E-state index contributed by atoms with van der Waals surface area (Å²) in [4.78, 5) is 0. The van der Waals surface area contributed by atoms with Crippen molar-refractivity contribution >= 4 is 12.6 Å². The lowest BCUT2D eigenvalue weighted by molar-refractivity contribution is -0.0772. The Morgan fingerprint density at radius 1 is 0.944 bits per heavy atom. The standard InChI is InChI=1S/C16H34OS/c1-13(2)9-14(3,4)11-17-16(7,8)10-15(5,6)12-18/h13,18H,9-12H2,1-8H3. The van der Waals surface area contributed by atoms with Crippen molar-refractivity contribution in [3.63, 3.8) is 0 Å². The van der Waals surface area contributed by atoms with Gasteiger partial charge < -0.3 is 4.74 Å². The summed E-state index contributed by atoms with van der Waals surface area (Å²) in [5.41, 5.74) is 0.422. The monoisotopic (exact) mass is 274 g/mol. The van der Waals surface area contributed by atoms with Crippen molar-refractivity contribution in [1.29, 1.82) is 0 Å². The zero-order valence-corrected chi connectivity index (χ0v) is 14.7. The van der Waals surface area contributed by atoms with Gasteiger partial charge in [-0.2, -0.15) is 12.6 Å². The lowest BCUT2D eigenvalue weighted by atomic mass is 9.82. The third-order valence-corrected chi connectivity index (χ3v) is 4.00. The molecule has 0 bridgehead atoms. The van der Waals surface area contributed by atoms with Crippen LogP contribution in [0.25, 0.3) is 0 Å². The first-order chi connectivity index (χ1) is 7.89. The van der Waals surface area contributed by atoms with E-state index < -0.39 is 0 Å². The van der Waals surface area contributed by atoms with Gasteiger partial charge in [-0.1, -0.05) is 41.5 Å².